The lowest BCUT2D eigenvalue weighted by Crippen LogP contribution is -2.45. The number of carboxylic acids is 1. The summed E-state index contributed by atoms with van der Waals surface area (Å²) >= 11 is 0. The highest BCUT2D eigenvalue weighted by molar-refractivity contribution is 5.79. The van der Waals surface area contributed by atoms with E-state index < -0.39 is 5.97 Å². The van der Waals surface area contributed by atoms with Gasteiger partial charge in [-0.2, -0.15) is 0 Å². The molecular weight excluding hydrogens is 196 g/mol. The highest BCUT2D eigenvalue weighted by Crippen LogP contribution is 2.21. The Hall–Kier alpha value is -1.26. The minimum Gasteiger partial charge on any atom is -0.480 e. The van der Waals surface area contributed by atoms with Gasteiger partial charge < -0.3 is 15.3 Å². The number of aliphatic carboxylic acids is 1. The van der Waals surface area contributed by atoms with Gasteiger partial charge >= 0.3 is 12.0 Å². The van der Waals surface area contributed by atoms with Gasteiger partial charge in [-0.3, -0.25) is 4.79 Å². The van der Waals surface area contributed by atoms with Gasteiger partial charge in [-0.05, 0) is 12.8 Å². The fraction of sp³-hybridized carbons (Fsp3) is 0.800. The highest BCUT2D eigenvalue weighted by Gasteiger charge is 2.21. The molecular formula is C10H18N2O3. The smallest absolute Gasteiger partial charge is 0.323 e. The summed E-state index contributed by atoms with van der Waals surface area (Å²) in [6.45, 7) is -0.310. The predicted molar refractivity (Wildman–Crippen MR) is 55.7 cm³/mol. The van der Waals surface area contributed by atoms with Crippen LogP contribution >= 0.6 is 0 Å². The molecule has 1 aliphatic rings. The summed E-state index contributed by atoms with van der Waals surface area (Å²) in [5.74, 6) is -1.01. The van der Waals surface area contributed by atoms with Crippen molar-refractivity contribution in [1.29, 1.82) is 0 Å². The van der Waals surface area contributed by atoms with Gasteiger partial charge in [-0.25, -0.2) is 4.79 Å². The lowest BCUT2D eigenvalue weighted by atomic mass is 9.95. The van der Waals surface area contributed by atoms with Crippen molar-refractivity contribution in [2.75, 3.05) is 13.6 Å². The number of carboxylic acid groups (broad SMARTS) is 1. The average Bonchev–Trinajstić information content (AvgIpc) is 2.26. The summed E-state index contributed by atoms with van der Waals surface area (Å²) in [6, 6.07) is -0.0168. The molecule has 1 saturated carbocycles. The largest absolute Gasteiger partial charge is 0.480 e. The van der Waals surface area contributed by atoms with E-state index in [0.29, 0.717) is 0 Å². The Labute approximate surface area is 89.4 Å². The summed E-state index contributed by atoms with van der Waals surface area (Å²) in [5, 5.41) is 10.8. The van der Waals surface area contributed by atoms with E-state index in [1.54, 1.807) is 11.9 Å². The second-order valence-corrected chi connectivity index (χ2v) is 3.96. The molecule has 0 heterocycles. The monoisotopic (exact) mass is 214 g/mol. The van der Waals surface area contributed by atoms with Crippen molar-refractivity contribution in [3.05, 3.63) is 0 Å². The van der Waals surface area contributed by atoms with Crippen LogP contribution in [0.25, 0.3) is 0 Å². The number of carbonyl (C=O) groups excluding carboxylic acids is 1. The van der Waals surface area contributed by atoms with Crippen LogP contribution in [0.2, 0.25) is 0 Å². The first-order chi connectivity index (χ1) is 7.11. The van der Waals surface area contributed by atoms with Gasteiger partial charge in [0.15, 0.2) is 0 Å². The molecule has 0 atom stereocenters. The van der Waals surface area contributed by atoms with Crippen molar-refractivity contribution in [3.8, 4) is 0 Å². The summed E-state index contributed by atoms with van der Waals surface area (Å²) < 4.78 is 0. The zero-order chi connectivity index (χ0) is 11.3. The molecule has 86 valence electrons. The van der Waals surface area contributed by atoms with Crippen LogP contribution in [0.3, 0.4) is 0 Å². The molecule has 15 heavy (non-hydrogen) atoms. The molecule has 0 unspecified atom stereocenters. The first kappa shape index (κ1) is 11.8. The van der Waals surface area contributed by atoms with E-state index in [-0.39, 0.29) is 18.6 Å². The highest BCUT2D eigenvalue weighted by atomic mass is 16.4. The molecule has 0 saturated heterocycles. The van der Waals surface area contributed by atoms with E-state index in [9.17, 15) is 9.59 Å². The van der Waals surface area contributed by atoms with Crippen molar-refractivity contribution >= 4 is 12.0 Å². The molecule has 0 aromatic carbocycles. The third-order valence-electron chi connectivity index (χ3n) is 2.83. The van der Waals surface area contributed by atoms with Crippen LogP contribution in [-0.2, 0) is 4.79 Å². The second-order valence-electron chi connectivity index (χ2n) is 3.96. The first-order valence-corrected chi connectivity index (χ1v) is 5.33. The molecule has 1 rings (SSSR count). The van der Waals surface area contributed by atoms with Crippen LogP contribution in [0.15, 0.2) is 0 Å². The first-order valence-electron chi connectivity index (χ1n) is 5.33. The van der Waals surface area contributed by atoms with Crippen LogP contribution in [0.4, 0.5) is 4.79 Å². The SMILES string of the molecule is CN(C(=O)NCC(=O)O)C1CCCCC1. The van der Waals surface area contributed by atoms with Gasteiger partial charge in [-0.1, -0.05) is 19.3 Å². The standard InChI is InChI=1S/C10H18N2O3/c1-12(8-5-3-2-4-6-8)10(15)11-7-9(13)14/h8H,2-7H2,1H3,(H,11,15)(H,13,14). The second kappa shape index (κ2) is 5.58. The Morgan fingerprint density at radius 3 is 2.47 bits per heavy atom. The van der Waals surface area contributed by atoms with Crippen molar-refractivity contribution in [2.45, 2.75) is 38.1 Å². The minimum absolute atomic E-state index is 0.271. The van der Waals surface area contributed by atoms with Gasteiger partial charge in [0, 0.05) is 13.1 Å². The zero-order valence-corrected chi connectivity index (χ0v) is 9.03. The normalized spacial score (nSPS) is 17.1. The molecule has 2 amide bonds. The van der Waals surface area contributed by atoms with Crippen LogP contribution in [0, 0.1) is 0 Å². The molecule has 0 aliphatic heterocycles. The van der Waals surface area contributed by atoms with Crippen LogP contribution in [0.1, 0.15) is 32.1 Å². The topological polar surface area (TPSA) is 69.6 Å². The predicted octanol–water partition coefficient (Wildman–Crippen LogP) is 1.05. The van der Waals surface area contributed by atoms with Crippen molar-refractivity contribution in [2.24, 2.45) is 0 Å². The van der Waals surface area contributed by atoms with Crippen molar-refractivity contribution in [1.82, 2.24) is 10.2 Å². The maximum absolute atomic E-state index is 11.5. The molecule has 1 aliphatic carbocycles. The number of carbonyl (C=O) groups is 2. The third-order valence-corrected chi connectivity index (χ3v) is 2.83. The van der Waals surface area contributed by atoms with Crippen molar-refractivity contribution < 1.29 is 14.7 Å². The number of nitrogens with zero attached hydrogens (tertiary/aromatic N) is 1. The van der Waals surface area contributed by atoms with Gasteiger partial charge in [0.05, 0.1) is 0 Å². The van der Waals surface area contributed by atoms with E-state index in [4.69, 9.17) is 5.11 Å². The third kappa shape index (κ3) is 3.77. The van der Waals surface area contributed by atoms with Gasteiger partial charge in [0.1, 0.15) is 6.54 Å². The van der Waals surface area contributed by atoms with Gasteiger partial charge in [-0.15, -0.1) is 0 Å². The maximum Gasteiger partial charge on any atom is 0.323 e. The molecule has 0 aromatic heterocycles. The Morgan fingerprint density at radius 1 is 1.33 bits per heavy atom. The minimum atomic E-state index is -1.01. The van der Waals surface area contributed by atoms with E-state index >= 15 is 0 Å². The number of nitrogens with one attached hydrogen (secondary N) is 1. The molecule has 5 nitrogen and oxygen atoms in total. The Balaban J connectivity index is 2.33. The zero-order valence-electron chi connectivity index (χ0n) is 9.03. The van der Waals surface area contributed by atoms with Crippen LogP contribution < -0.4 is 5.32 Å². The Bertz CT molecular complexity index is 237. The van der Waals surface area contributed by atoms with Crippen LogP contribution in [0.5, 0.6) is 0 Å². The van der Waals surface area contributed by atoms with Crippen molar-refractivity contribution in [3.63, 3.8) is 0 Å². The lowest BCUT2D eigenvalue weighted by molar-refractivity contribution is -0.135. The summed E-state index contributed by atoms with van der Waals surface area (Å²) in [6.07, 6.45) is 5.59. The fourth-order valence-corrected chi connectivity index (χ4v) is 1.91. The number of urea groups is 1. The molecule has 1 fully saturated rings. The molecule has 0 spiro atoms. The maximum atomic E-state index is 11.5. The van der Waals surface area contributed by atoms with Crippen LogP contribution in [-0.4, -0.2) is 41.6 Å². The van der Waals surface area contributed by atoms with E-state index in [2.05, 4.69) is 5.32 Å². The summed E-state index contributed by atoms with van der Waals surface area (Å²) in [5.41, 5.74) is 0. The van der Waals surface area contributed by atoms with Gasteiger partial charge in [0.25, 0.3) is 0 Å². The molecule has 0 bridgehead atoms. The van der Waals surface area contributed by atoms with E-state index in [1.165, 1.54) is 6.42 Å². The Morgan fingerprint density at radius 2 is 1.93 bits per heavy atom. The molecule has 0 aromatic rings. The fourth-order valence-electron chi connectivity index (χ4n) is 1.91. The lowest BCUT2D eigenvalue weighted by Gasteiger charge is -2.31. The number of hydrogen-bond donors (Lipinski definition) is 2. The number of amides is 2. The molecule has 2 N–H and O–H groups in total. The van der Waals surface area contributed by atoms with E-state index in [1.807, 2.05) is 0 Å². The summed E-state index contributed by atoms with van der Waals surface area (Å²) in [7, 11) is 1.73. The van der Waals surface area contributed by atoms with E-state index in [0.717, 1.165) is 25.7 Å². The number of hydrogen-bond acceptors (Lipinski definition) is 2. The quantitative estimate of drug-likeness (QED) is 0.737. The number of rotatable bonds is 3. The van der Waals surface area contributed by atoms with Gasteiger partial charge in [0.2, 0.25) is 0 Å². The Kier molecular flexibility index (Phi) is 4.39. The molecule has 5 heteroatoms. The molecule has 0 radical (unpaired) electrons. The average molecular weight is 214 g/mol. The summed E-state index contributed by atoms with van der Waals surface area (Å²) in [4.78, 5) is 23.4.